The molecule has 0 aromatic heterocycles. The van der Waals surface area contributed by atoms with Crippen LogP contribution in [-0.4, -0.2) is 50.0 Å². The minimum Gasteiger partial charge on any atom is -0.357 e. The van der Waals surface area contributed by atoms with E-state index < -0.39 is 0 Å². The van der Waals surface area contributed by atoms with Crippen LogP contribution in [0.5, 0.6) is 0 Å². The number of halogens is 1. The molecule has 30 heavy (non-hydrogen) atoms. The number of benzene rings is 2. The minimum absolute atomic E-state index is 0. The average Bonchev–Trinajstić information content (AvgIpc) is 2.72. The highest BCUT2D eigenvalue weighted by atomic mass is 127. The standard InChI is InChI=1S/C24H34N4O.HI/c1-5-25-24(27-19(2)14-15-20-10-7-6-8-11-20)26-17-16-21-12-9-13-22(18-21)23(29)28(3)4;/h6-13,18-19H,5,14-17H2,1-4H3,(H2,25,26,27);1H. The topological polar surface area (TPSA) is 56.7 Å². The van der Waals surface area contributed by atoms with E-state index in [0.717, 1.165) is 42.9 Å². The molecule has 1 unspecified atom stereocenters. The molecule has 5 nitrogen and oxygen atoms in total. The zero-order chi connectivity index (χ0) is 21.1. The van der Waals surface area contributed by atoms with Crippen molar-refractivity contribution in [3.8, 4) is 0 Å². The van der Waals surface area contributed by atoms with Gasteiger partial charge in [-0.15, -0.1) is 24.0 Å². The zero-order valence-electron chi connectivity index (χ0n) is 18.5. The van der Waals surface area contributed by atoms with E-state index in [9.17, 15) is 4.79 Å². The first kappa shape index (κ1) is 25.9. The van der Waals surface area contributed by atoms with Crippen molar-refractivity contribution in [3.63, 3.8) is 0 Å². The fourth-order valence-electron chi connectivity index (χ4n) is 3.07. The molecule has 0 heterocycles. The SMILES string of the molecule is CCNC(=NCCc1cccc(C(=O)N(C)C)c1)NC(C)CCc1ccccc1.I. The van der Waals surface area contributed by atoms with Crippen molar-refractivity contribution < 1.29 is 4.79 Å². The van der Waals surface area contributed by atoms with Crippen LogP contribution in [0, 0.1) is 0 Å². The van der Waals surface area contributed by atoms with E-state index in [0.29, 0.717) is 12.6 Å². The third-order valence-corrected chi connectivity index (χ3v) is 4.69. The molecule has 0 radical (unpaired) electrons. The highest BCUT2D eigenvalue weighted by molar-refractivity contribution is 14.0. The molecule has 2 aromatic rings. The Morgan fingerprint density at radius 1 is 1.03 bits per heavy atom. The Bertz CT molecular complexity index is 793. The summed E-state index contributed by atoms with van der Waals surface area (Å²) in [6.45, 7) is 5.75. The second kappa shape index (κ2) is 14.0. The van der Waals surface area contributed by atoms with Crippen molar-refractivity contribution in [3.05, 3.63) is 71.3 Å². The largest absolute Gasteiger partial charge is 0.357 e. The monoisotopic (exact) mass is 522 g/mol. The van der Waals surface area contributed by atoms with Gasteiger partial charge in [0.1, 0.15) is 0 Å². The maximum Gasteiger partial charge on any atom is 0.253 e. The van der Waals surface area contributed by atoms with Gasteiger partial charge in [0, 0.05) is 38.8 Å². The highest BCUT2D eigenvalue weighted by Gasteiger charge is 2.08. The van der Waals surface area contributed by atoms with Gasteiger partial charge in [-0.25, -0.2) is 0 Å². The Labute approximate surface area is 198 Å². The first-order chi connectivity index (χ1) is 14.0. The number of amides is 1. The first-order valence-corrected chi connectivity index (χ1v) is 10.4. The van der Waals surface area contributed by atoms with Gasteiger partial charge in [0.15, 0.2) is 5.96 Å². The van der Waals surface area contributed by atoms with Gasteiger partial charge < -0.3 is 15.5 Å². The Kier molecular flexibility index (Phi) is 12.1. The lowest BCUT2D eigenvalue weighted by Gasteiger charge is -2.18. The highest BCUT2D eigenvalue weighted by Crippen LogP contribution is 2.08. The molecule has 0 bridgehead atoms. The lowest BCUT2D eigenvalue weighted by atomic mass is 10.1. The Balaban J connectivity index is 0.00000450. The number of guanidine groups is 1. The van der Waals surface area contributed by atoms with Gasteiger partial charge in [-0.05, 0) is 56.4 Å². The molecule has 0 aliphatic heterocycles. The average molecular weight is 522 g/mol. The number of aliphatic imine (C=N–C) groups is 1. The van der Waals surface area contributed by atoms with Crippen molar-refractivity contribution in [1.29, 1.82) is 0 Å². The molecule has 2 aromatic carbocycles. The Morgan fingerprint density at radius 2 is 1.73 bits per heavy atom. The second-order valence-corrected chi connectivity index (χ2v) is 7.48. The van der Waals surface area contributed by atoms with Crippen LogP contribution in [-0.2, 0) is 12.8 Å². The summed E-state index contributed by atoms with van der Waals surface area (Å²) in [6.07, 6.45) is 2.88. The normalized spacial score (nSPS) is 11.9. The molecule has 0 fully saturated rings. The van der Waals surface area contributed by atoms with Crippen molar-refractivity contribution in [2.75, 3.05) is 27.2 Å². The van der Waals surface area contributed by atoms with Gasteiger partial charge in [-0.3, -0.25) is 9.79 Å². The maximum atomic E-state index is 12.1. The molecule has 0 spiro atoms. The fraction of sp³-hybridized carbons (Fsp3) is 0.417. The summed E-state index contributed by atoms with van der Waals surface area (Å²) in [5.74, 6) is 0.867. The van der Waals surface area contributed by atoms with Gasteiger partial charge in [0.25, 0.3) is 5.91 Å². The molecule has 0 saturated carbocycles. The van der Waals surface area contributed by atoms with E-state index in [1.54, 1.807) is 19.0 Å². The van der Waals surface area contributed by atoms with Crippen molar-refractivity contribution in [1.82, 2.24) is 15.5 Å². The van der Waals surface area contributed by atoms with E-state index >= 15 is 0 Å². The van der Waals surface area contributed by atoms with E-state index in [2.05, 4.69) is 48.7 Å². The number of carbonyl (C=O) groups excluding carboxylic acids is 1. The van der Waals surface area contributed by atoms with Crippen molar-refractivity contribution >= 4 is 35.8 Å². The molecule has 6 heteroatoms. The van der Waals surface area contributed by atoms with Gasteiger partial charge in [0.05, 0.1) is 0 Å². The summed E-state index contributed by atoms with van der Waals surface area (Å²) in [5.41, 5.74) is 3.20. The molecule has 0 aliphatic carbocycles. The third-order valence-electron chi connectivity index (χ3n) is 4.69. The summed E-state index contributed by atoms with van der Waals surface area (Å²) in [5, 5.41) is 6.82. The van der Waals surface area contributed by atoms with Gasteiger partial charge in [-0.1, -0.05) is 42.5 Å². The van der Waals surface area contributed by atoms with Crippen LogP contribution in [0.3, 0.4) is 0 Å². The molecule has 1 atom stereocenters. The van der Waals surface area contributed by atoms with Crippen LogP contribution < -0.4 is 10.6 Å². The lowest BCUT2D eigenvalue weighted by Crippen LogP contribution is -2.42. The number of nitrogens with one attached hydrogen (secondary N) is 2. The van der Waals surface area contributed by atoms with Crippen molar-refractivity contribution in [2.45, 2.75) is 39.2 Å². The molecule has 164 valence electrons. The predicted molar refractivity (Wildman–Crippen MR) is 137 cm³/mol. The summed E-state index contributed by atoms with van der Waals surface area (Å²) in [6, 6.07) is 18.7. The summed E-state index contributed by atoms with van der Waals surface area (Å²) < 4.78 is 0. The summed E-state index contributed by atoms with van der Waals surface area (Å²) in [4.78, 5) is 18.4. The maximum absolute atomic E-state index is 12.1. The minimum atomic E-state index is 0. The van der Waals surface area contributed by atoms with Crippen molar-refractivity contribution in [2.24, 2.45) is 4.99 Å². The third kappa shape index (κ3) is 9.15. The van der Waals surface area contributed by atoms with Crippen LogP contribution in [0.1, 0.15) is 41.8 Å². The van der Waals surface area contributed by atoms with E-state index in [1.807, 2.05) is 30.3 Å². The van der Waals surface area contributed by atoms with Gasteiger partial charge >= 0.3 is 0 Å². The van der Waals surface area contributed by atoms with Crippen LogP contribution >= 0.6 is 24.0 Å². The number of hydrogen-bond donors (Lipinski definition) is 2. The Hall–Kier alpha value is -2.09. The molecular weight excluding hydrogens is 487 g/mol. The second-order valence-electron chi connectivity index (χ2n) is 7.48. The van der Waals surface area contributed by atoms with E-state index in [4.69, 9.17) is 4.99 Å². The number of carbonyl (C=O) groups is 1. The van der Waals surface area contributed by atoms with E-state index in [-0.39, 0.29) is 29.9 Å². The molecular formula is C24H35IN4O. The first-order valence-electron chi connectivity index (χ1n) is 10.4. The van der Waals surface area contributed by atoms with Gasteiger partial charge in [0.2, 0.25) is 0 Å². The number of aryl methyl sites for hydroxylation is 1. The predicted octanol–water partition coefficient (Wildman–Crippen LogP) is 4.13. The summed E-state index contributed by atoms with van der Waals surface area (Å²) >= 11 is 0. The quantitative estimate of drug-likeness (QED) is 0.296. The molecule has 0 saturated heterocycles. The van der Waals surface area contributed by atoms with Crippen LogP contribution in [0.25, 0.3) is 0 Å². The van der Waals surface area contributed by atoms with Crippen LogP contribution in [0.2, 0.25) is 0 Å². The lowest BCUT2D eigenvalue weighted by molar-refractivity contribution is 0.0827. The van der Waals surface area contributed by atoms with E-state index in [1.165, 1.54) is 5.56 Å². The molecule has 2 rings (SSSR count). The molecule has 1 amide bonds. The smallest absolute Gasteiger partial charge is 0.253 e. The Morgan fingerprint density at radius 3 is 2.40 bits per heavy atom. The van der Waals surface area contributed by atoms with Crippen LogP contribution in [0.15, 0.2) is 59.6 Å². The summed E-state index contributed by atoms with van der Waals surface area (Å²) in [7, 11) is 3.54. The number of nitrogens with zero attached hydrogens (tertiary/aromatic N) is 2. The fourth-order valence-corrected chi connectivity index (χ4v) is 3.07. The molecule has 0 aliphatic rings. The number of rotatable bonds is 9. The van der Waals surface area contributed by atoms with Crippen LogP contribution in [0.4, 0.5) is 0 Å². The number of hydrogen-bond acceptors (Lipinski definition) is 2. The molecule has 2 N–H and O–H groups in total. The zero-order valence-corrected chi connectivity index (χ0v) is 20.9. The van der Waals surface area contributed by atoms with Gasteiger partial charge in [-0.2, -0.15) is 0 Å².